The largest absolute Gasteiger partial charge is 0.405 e. The normalized spacial score (nSPS) is 16.3. The molecule has 2 aromatic rings. The molecule has 7 heteroatoms. The molecule has 1 aliphatic rings. The van der Waals surface area contributed by atoms with Gasteiger partial charge in [-0.25, -0.2) is 0 Å². The van der Waals surface area contributed by atoms with Crippen LogP contribution >= 0.6 is 0 Å². The molecule has 116 valence electrons. The van der Waals surface area contributed by atoms with Crippen LogP contribution in [-0.4, -0.2) is 23.8 Å². The summed E-state index contributed by atoms with van der Waals surface area (Å²) >= 11 is 0. The number of rotatable bonds is 4. The number of nitrogens with one attached hydrogen (secondary N) is 1. The molecule has 1 amide bonds. The van der Waals surface area contributed by atoms with Gasteiger partial charge in [0.1, 0.15) is 6.54 Å². The van der Waals surface area contributed by atoms with Crippen LogP contribution in [0.25, 0.3) is 11.3 Å². The second-order valence-electron chi connectivity index (χ2n) is 5.32. The van der Waals surface area contributed by atoms with Crippen LogP contribution in [0.3, 0.4) is 0 Å². The average molecular weight is 310 g/mol. The Hall–Kier alpha value is -2.31. The molecule has 4 nitrogen and oxygen atoms in total. The van der Waals surface area contributed by atoms with E-state index in [1.165, 1.54) is 0 Å². The lowest BCUT2D eigenvalue weighted by Crippen LogP contribution is -2.40. The maximum atomic E-state index is 12.2. The van der Waals surface area contributed by atoms with Crippen molar-refractivity contribution in [2.24, 2.45) is 0 Å². The quantitative estimate of drug-likeness (QED) is 0.944. The van der Waals surface area contributed by atoms with Gasteiger partial charge in [0.2, 0.25) is 5.91 Å². The zero-order chi connectivity index (χ0) is 15.8. The van der Waals surface area contributed by atoms with Gasteiger partial charge in [0, 0.05) is 11.6 Å². The first kappa shape index (κ1) is 14.6. The molecule has 3 rings (SSSR count). The monoisotopic (exact) mass is 310 g/mol. The summed E-state index contributed by atoms with van der Waals surface area (Å²) in [5.41, 5.74) is 0.195. The van der Waals surface area contributed by atoms with E-state index in [0.29, 0.717) is 24.3 Å². The molecule has 1 heterocycles. The summed E-state index contributed by atoms with van der Waals surface area (Å²) in [6.07, 6.45) is -3.49. The number of aromatic nitrogens is 1. The third-order valence-electron chi connectivity index (χ3n) is 3.69. The summed E-state index contributed by atoms with van der Waals surface area (Å²) < 4.78 is 41.8. The van der Waals surface area contributed by atoms with E-state index < -0.39 is 24.0 Å². The number of carbonyl (C=O) groups is 1. The molecule has 0 spiro atoms. The fourth-order valence-electron chi connectivity index (χ4n) is 2.31. The van der Waals surface area contributed by atoms with Gasteiger partial charge >= 0.3 is 6.18 Å². The molecule has 1 fully saturated rings. The van der Waals surface area contributed by atoms with Gasteiger partial charge in [-0.15, -0.1) is 0 Å². The number of alkyl halides is 3. The summed E-state index contributed by atoms with van der Waals surface area (Å²) in [6.45, 7) is -1.34. The first-order chi connectivity index (χ1) is 10.4. The van der Waals surface area contributed by atoms with Gasteiger partial charge in [0.15, 0.2) is 5.76 Å². The zero-order valence-electron chi connectivity index (χ0n) is 11.5. The number of carbonyl (C=O) groups excluding carboxylic acids is 1. The number of hydrogen-bond donors (Lipinski definition) is 1. The van der Waals surface area contributed by atoms with Crippen LogP contribution in [0.15, 0.2) is 40.9 Å². The number of halogens is 3. The highest BCUT2D eigenvalue weighted by Gasteiger charge is 2.54. The van der Waals surface area contributed by atoms with E-state index in [4.69, 9.17) is 4.52 Å². The van der Waals surface area contributed by atoms with E-state index in [1.807, 2.05) is 35.6 Å². The van der Waals surface area contributed by atoms with Crippen LogP contribution in [0, 0.1) is 0 Å². The first-order valence-electron chi connectivity index (χ1n) is 6.78. The summed E-state index contributed by atoms with van der Waals surface area (Å²) in [4.78, 5) is 12.0. The molecule has 22 heavy (non-hydrogen) atoms. The number of amides is 1. The average Bonchev–Trinajstić information content (AvgIpc) is 3.15. The van der Waals surface area contributed by atoms with Gasteiger partial charge in [-0.2, -0.15) is 13.2 Å². The Kier molecular flexibility index (Phi) is 3.42. The molecular formula is C15H13F3N2O2. The first-order valence-corrected chi connectivity index (χ1v) is 6.78. The molecule has 1 N–H and O–H groups in total. The third-order valence-corrected chi connectivity index (χ3v) is 3.69. The van der Waals surface area contributed by atoms with Crippen molar-refractivity contribution in [2.45, 2.75) is 24.4 Å². The highest BCUT2D eigenvalue weighted by Crippen LogP contribution is 2.48. The minimum Gasteiger partial charge on any atom is -0.356 e. The van der Waals surface area contributed by atoms with E-state index in [0.717, 1.165) is 5.56 Å². The van der Waals surface area contributed by atoms with Gasteiger partial charge in [-0.3, -0.25) is 4.79 Å². The molecule has 1 aliphatic carbocycles. The Balaban J connectivity index is 1.77. The SMILES string of the molecule is O=C(NCC(F)(F)F)C1(c2cc(-c3ccccc3)on2)CC1. The zero-order valence-corrected chi connectivity index (χ0v) is 11.5. The molecule has 0 aliphatic heterocycles. The van der Waals surface area contributed by atoms with Crippen LogP contribution in [0.2, 0.25) is 0 Å². The Labute approximate surface area is 124 Å². The van der Waals surface area contributed by atoms with Crippen molar-refractivity contribution in [2.75, 3.05) is 6.54 Å². The molecular weight excluding hydrogens is 297 g/mol. The highest BCUT2D eigenvalue weighted by atomic mass is 19.4. The lowest BCUT2D eigenvalue weighted by atomic mass is 10.0. The Morgan fingerprint density at radius 1 is 1.27 bits per heavy atom. The lowest BCUT2D eigenvalue weighted by Gasteiger charge is -2.13. The molecule has 1 aromatic heterocycles. The minimum atomic E-state index is -4.43. The van der Waals surface area contributed by atoms with Crippen molar-refractivity contribution in [3.8, 4) is 11.3 Å². The summed E-state index contributed by atoms with van der Waals surface area (Å²) in [5, 5.41) is 5.80. The van der Waals surface area contributed by atoms with Gasteiger partial charge in [0.25, 0.3) is 0 Å². The topological polar surface area (TPSA) is 55.1 Å². The summed E-state index contributed by atoms with van der Waals surface area (Å²) in [6, 6.07) is 10.8. The highest BCUT2D eigenvalue weighted by molar-refractivity contribution is 5.91. The second-order valence-corrected chi connectivity index (χ2v) is 5.32. The molecule has 0 unspecified atom stereocenters. The molecule has 0 radical (unpaired) electrons. The van der Waals surface area contributed by atoms with Crippen molar-refractivity contribution in [3.63, 3.8) is 0 Å². The Morgan fingerprint density at radius 3 is 2.55 bits per heavy atom. The lowest BCUT2D eigenvalue weighted by molar-refractivity contribution is -0.140. The van der Waals surface area contributed by atoms with Crippen molar-refractivity contribution >= 4 is 5.91 Å². The fourth-order valence-corrected chi connectivity index (χ4v) is 2.31. The molecule has 1 saturated carbocycles. The predicted molar refractivity (Wildman–Crippen MR) is 71.9 cm³/mol. The van der Waals surface area contributed by atoms with Gasteiger partial charge in [0.05, 0.1) is 11.1 Å². The van der Waals surface area contributed by atoms with Crippen molar-refractivity contribution in [1.82, 2.24) is 10.5 Å². The Morgan fingerprint density at radius 2 is 1.95 bits per heavy atom. The van der Waals surface area contributed by atoms with Gasteiger partial charge in [-0.1, -0.05) is 35.5 Å². The maximum Gasteiger partial charge on any atom is 0.405 e. The summed E-state index contributed by atoms with van der Waals surface area (Å²) in [5.74, 6) is -0.164. The number of nitrogens with zero attached hydrogens (tertiary/aromatic N) is 1. The standard InChI is InChI=1S/C15H13F3N2O2/c16-15(17,18)9-19-13(21)14(6-7-14)12-8-11(22-20-12)10-4-2-1-3-5-10/h1-5,8H,6-7,9H2,(H,19,21). The van der Waals surface area contributed by atoms with Crippen molar-refractivity contribution in [3.05, 3.63) is 42.1 Å². The smallest absolute Gasteiger partial charge is 0.356 e. The van der Waals surface area contributed by atoms with E-state index in [2.05, 4.69) is 5.16 Å². The fraction of sp³-hybridized carbons (Fsp3) is 0.333. The minimum absolute atomic E-state index is 0.381. The summed E-state index contributed by atoms with van der Waals surface area (Å²) in [7, 11) is 0. The van der Waals surface area contributed by atoms with Gasteiger partial charge in [-0.05, 0) is 12.8 Å². The second kappa shape index (κ2) is 5.15. The Bertz CT molecular complexity index is 676. The number of hydrogen-bond acceptors (Lipinski definition) is 3. The molecule has 1 aromatic carbocycles. The van der Waals surface area contributed by atoms with Crippen LogP contribution in [0.5, 0.6) is 0 Å². The van der Waals surface area contributed by atoms with Crippen molar-refractivity contribution < 1.29 is 22.5 Å². The van der Waals surface area contributed by atoms with Crippen molar-refractivity contribution in [1.29, 1.82) is 0 Å². The number of benzene rings is 1. The van der Waals surface area contributed by atoms with Crippen LogP contribution in [0.1, 0.15) is 18.5 Å². The van der Waals surface area contributed by atoms with E-state index >= 15 is 0 Å². The molecule has 0 saturated heterocycles. The van der Waals surface area contributed by atoms with Crippen LogP contribution in [-0.2, 0) is 10.2 Å². The molecule has 0 bridgehead atoms. The molecule has 0 atom stereocenters. The predicted octanol–water partition coefficient (Wildman–Crippen LogP) is 3.05. The third kappa shape index (κ3) is 2.84. The van der Waals surface area contributed by atoms with E-state index in [-0.39, 0.29) is 0 Å². The maximum absolute atomic E-state index is 12.2. The van der Waals surface area contributed by atoms with Crippen LogP contribution < -0.4 is 5.32 Å². The van der Waals surface area contributed by atoms with E-state index in [1.54, 1.807) is 6.07 Å². The van der Waals surface area contributed by atoms with Crippen LogP contribution in [0.4, 0.5) is 13.2 Å². The van der Waals surface area contributed by atoms with Gasteiger partial charge < -0.3 is 9.84 Å². The van der Waals surface area contributed by atoms with E-state index in [9.17, 15) is 18.0 Å².